The summed E-state index contributed by atoms with van der Waals surface area (Å²) in [5.74, 6) is 0.886. The van der Waals surface area contributed by atoms with Crippen molar-refractivity contribution in [3.63, 3.8) is 0 Å². The lowest BCUT2D eigenvalue weighted by Gasteiger charge is -2.24. The van der Waals surface area contributed by atoms with Gasteiger partial charge in [-0.3, -0.25) is 9.59 Å². The van der Waals surface area contributed by atoms with Crippen LogP contribution in [-0.2, 0) is 28.9 Å². The number of rotatable bonds is 5. The highest BCUT2D eigenvalue weighted by Gasteiger charge is 2.37. The van der Waals surface area contributed by atoms with Gasteiger partial charge in [0.25, 0.3) is 0 Å². The Bertz CT molecular complexity index is 829. The minimum absolute atomic E-state index is 0.0237. The maximum atomic E-state index is 12.5. The zero-order chi connectivity index (χ0) is 19.0. The van der Waals surface area contributed by atoms with Crippen molar-refractivity contribution in [1.29, 1.82) is 0 Å². The molecule has 142 valence electrons. The first-order valence-corrected chi connectivity index (χ1v) is 9.58. The molecule has 0 saturated carbocycles. The van der Waals surface area contributed by atoms with Crippen molar-refractivity contribution in [2.75, 3.05) is 6.54 Å². The maximum absolute atomic E-state index is 12.5. The van der Waals surface area contributed by atoms with E-state index in [0.717, 1.165) is 29.9 Å². The van der Waals surface area contributed by atoms with Gasteiger partial charge in [0.15, 0.2) is 0 Å². The summed E-state index contributed by atoms with van der Waals surface area (Å²) in [6.45, 7) is 4.35. The molecule has 0 radical (unpaired) electrons. The first-order valence-electron chi connectivity index (χ1n) is 9.58. The number of fused-ring (bicyclic) bond motifs is 1. The van der Waals surface area contributed by atoms with Crippen LogP contribution in [0.1, 0.15) is 41.0 Å². The van der Waals surface area contributed by atoms with Gasteiger partial charge in [0.05, 0.1) is 11.7 Å². The monoisotopic (exact) mass is 367 g/mol. The molecular weight excluding hydrogens is 342 g/mol. The third-order valence-corrected chi connectivity index (χ3v) is 5.78. The minimum Gasteiger partial charge on any atom is -0.361 e. The van der Waals surface area contributed by atoms with Gasteiger partial charge >= 0.3 is 0 Å². The Labute approximate surface area is 158 Å². The van der Waals surface area contributed by atoms with Crippen LogP contribution in [0.2, 0.25) is 0 Å². The van der Waals surface area contributed by atoms with Crippen LogP contribution < -0.4 is 5.32 Å². The molecule has 2 heterocycles. The van der Waals surface area contributed by atoms with Gasteiger partial charge in [-0.1, -0.05) is 29.4 Å². The van der Waals surface area contributed by atoms with Gasteiger partial charge in [-0.25, -0.2) is 0 Å². The third kappa shape index (κ3) is 3.61. The van der Waals surface area contributed by atoms with Crippen molar-refractivity contribution in [2.45, 2.75) is 58.0 Å². The molecule has 1 aliphatic heterocycles. The van der Waals surface area contributed by atoms with Gasteiger partial charge < -0.3 is 14.7 Å². The number of hydrogen-bond donors (Lipinski definition) is 1. The summed E-state index contributed by atoms with van der Waals surface area (Å²) in [7, 11) is 0. The summed E-state index contributed by atoms with van der Waals surface area (Å²) in [4.78, 5) is 26.8. The van der Waals surface area contributed by atoms with E-state index < -0.39 is 0 Å². The summed E-state index contributed by atoms with van der Waals surface area (Å²) in [5.41, 5.74) is 4.51. The predicted octanol–water partition coefficient (Wildman–Crippen LogP) is 2.11. The van der Waals surface area contributed by atoms with Gasteiger partial charge in [0.1, 0.15) is 5.76 Å². The van der Waals surface area contributed by atoms with Gasteiger partial charge in [0, 0.05) is 31.0 Å². The Morgan fingerprint density at radius 2 is 1.93 bits per heavy atom. The second kappa shape index (κ2) is 7.18. The van der Waals surface area contributed by atoms with Crippen molar-refractivity contribution in [2.24, 2.45) is 0 Å². The van der Waals surface area contributed by atoms with Gasteiger partial charge in [-0.15, -0.1) is 0 Å². The lowest BCUT2D eigenvalue weighted by atomic mass is 10.1. The molecule has 0 spiro atoms. The van der Waals surface area contributed by atoms with E-state index in [9.17, 15) is 9.59 Å². The molecule has 2 aliphatic rings. The molecule has 1 saturated heterocycles. The fourth-order valence-corrected chi connectivity index (χ4v) is 4.33. The van der Waals surface area contributed by atoms with E-state index in [-0.39, 0.29) is 23.9 Å². The zero-order valence-corrected chi connectivity index (χ0v) is 15.8. The van der Waals surface area contributed by atoms with Crippen LogP contribution in [0.4, 0.5) is 0 Å². The second-order valence-electron chi connectivity index (χ2n) is 7.65. The van der Waals surface area contributed by atoms with E-state index in [1.165, 1.54) is 11.1 Å². The Morgan fingerprint density at radius 1 is 1.22 bits per heavy atom. The molecule has 6 heteroatoms. The average Bonchev–Trinajstić information content (AvgIpc) is 3.31. The molecule has 2 amide bonds. The van der Waals surface area contributed by atoms with E-state index >= 15 is 0 Å². The highest BCUT2D eigenvalue weighted by atomic mass is 16.5. The molecule has 27 heavy (non-hydrogen) atoms. The van der Waals surface area contributed by atoms with Crippen molar-refractivity contribution >= 4 is 11.8 Å². The lowest BCUT2D eigenvalue weighted by molar-refractivity contribution is -0.129. The van der Waals surface area contributed by atoms with Crippen LogP contribution in [0, 0.1) is 13.8 Å². The molecule has 0 bridgehead atoms. The van der Waals surface area contributed by atoms with Crippen molar-refractivity contribution in [3.05, 3.63) is 52.4 Å². The van der Waals surface area contributed by atoms with Crippen molar-refractivity contribution < 1.29 is 14.1 Å². The number of aromatic nitrogens is 1. The van der Waals surface area contributed by atoms with Crippen molar-refractivity contribution in [1.82, 2.24) is 15.4 Å². The standard InChI is InChI=1S/C21H25N3O3/c1-13-19(14(2)27-23-13)7-8-20(25)22-17-11-21(26)24(12-17)18-9-15-5-3-4-6-16(15)10-18/h3-6,17-18H,7-12H2,1-2H3,(H,22,25). The molecule has 1 aromatic carbocycles. The topological polar surface area (TPSA) is 75.4 Å². The fraction of sp³-hybridized carbons (Fsp3) is 0.476. The second-order valence-corrected chi connectivity index (χ2v) is 7.65. The summed E-state index contributed by atoms with van der Waals surface area (Å²) in [6.07, 6.45) is 3.20. The number of aryl methyl sites for hydroxylation is 2. The lowest BCUT2D eigenvalue weighted by Crippen LogP contribution is -2.41. The van der Waals surface area contributed by atoms with Crippen LogP contribution in [0.3, 0.4) is 0 Å². The van der Waals surface area contributed by atoms with Crippen LogP contribution >= 0.6 is 0 Å². The molecular formula is C21H25N3O3. The van der Waals surface area contributed by atoms with E-state index in [1.54, 1.807) is 0 Å². The molecule has 1 unspecified atom stereocenters. The smallest absolute Gasteiger partial charge is 0.225 e. The number of carbonyl (C=O) groups excluding carboxylic acids is 2. The molecule has 1 atom stereocenters. The number of likely N-dealkylation sites (tertiary alicyclic amines) is 1. The number of nitrogens with zero attached hydrogens (tertiary/aromatic N) is 2. The maximum Gasteiger partial charge on any atom is 0.225 e. The van der Waals surface area contributed by atoms with Crippen LogP contribution in [-0.4, -0.2) is 40.5 Å². The Balaban J connectivity index is 1.30. The first kappa shape index (κ1) is 17.8. The number of amides is 2. The van der Waals surface area contributed by atoms with E-state index in [2.05, 4.69) is 34.7 Å². The summed E-state index contributed by atoms with van der Waals surface area (Å²) in [5, 5.41) is 6.95. The zero-order valence-electron chi connectivity index (χ0n) is 15.8. The Morgan fingerprint density at radius 3 is 2.56 bits per heavy atom. The van der Waals surface area contributed by atoms with Gasteiger partial charge in [0.2, 0.25) is 11.8 Å². The normalized spacial score (nSPS) is 19.6. The molecule has 1 aliphatic carbocycles. The summed E-state index contributed by atoms with van der Waals surface area (Å²) in [6, 6.07) is 8.51. The van der Waals surface area contributed by atoms with Crippen LogP contribution in [0.5, 0.6) is 0 Å². The Kier molecular flexibility index (Phi) is 4.72. The number of hydrogen-bond acceptors (Lipinski definition) is 4. The molecule has 1 fully saturated rings. The summed E-state index contributed by atoms with van der Waals surface area (Å²) >= 11 is 0. The molecule has 6 nitrogen and oxygen atoms in total. The third-order valence-electron chi connectivity index (χ3n) is 5.78. The molecule has 1 aromatic heterocycles. The number of carbonyl (C=O) groups is 2. The SMILES string of the molecule is Cc1noc(C)c1CCC(=O)NC1CC(=O)N(C2Cc3ccccc3C2)C1. The largest absolute Gasteiger partial charge is 0.361 e. The van der Waals surface area contributed by atoms with E-state index in [4.69, 9.17) is 4.52 Å². The highest BCUT2D eigenvalue weighted by molar-refractivity contribution is 5.82. The van der Waals surface area contributed by atoms with Crippen LogP contribution in [0.25, 0.3) is 0 Å². The average molecular weight is 367 g/mol. The molecule has 2 aromatic rings. The van der Waals surface area contributed by atoms with E-state index in [0.29, 0.717) is 25.8 Å². The quantitative estimate of drug-likeness (QED) is 0.878. The van der Waals surface area contributed by atoms with Crippen molar-refractivity contribution in [3.8, 4) is 0 Å². The fourth-order valence-electron chi connectivity index (χ4n) is 4.33. The summed E-state index contributed by atoms with van der Waals surface area (Å²) < 4.78 is 5.14. The van der Waals surface area contributed by atoms with Gasteiger partial charge in [-0.2, -0.15) is 0 Å². The Hall–Kier alpha value is -2.63. The number of benzene rings is 1. The van der Waals surface area contributed by atoms with Crippen LogP contribution in [0.15, 0.2) is 28.8 Å². The van der Waals surface area contributed by atoms with Gasteiger partial charge in [-0.05, 0) is 44.2 Å². The first-order chi connectivity index (χ1) is 13.0. The molecule has 4 rings (SSSR count). The molecule has 1 N–H and O–H groups in total. The highest BCUT2D eigenvalue weighted by Crippen LogP contribution is 2.28. The minimum atomic E-state index is -0.0987. The van der Waals surface area contributed by atoms with E-state index in [1.807, 2.05) is 18.7 Å². The predicted molar refractivity (Wildman–Crippen MR) is 100 cm³/mol. The number of nitrogens with one attached hydrogen (secondary N) is 1.